The third-order valence-corrected chi connectivity index (χ3v) is 8.04. The van der Waals surface area contributed by atoms with Crippen LogP contribution in [0.15, 0.2) is 18.2 Å². The highest BCUT2D eigenvalue weighted by molar-refractivity contribution is 7.91. The number of aromatic nitrogens is 2. The molecule has 0 bridgehead atoms. The standard InChI is InChI=1S/C24H33F3N4O5S/c1-6-31-22(19-10-7-16(11-20(19)35-4)29-15(3)24(25,26)27)14(2)21(30-31)23(32)28-12-17-8-9-18(13-36-17)37(5,33)34/h7,10-11,15,17-18,29H,6,8-9,12-13H2,1-5H3,(H,28,32)/t15-,17+,18+/m1/s1. The molecule has 1 aliphatic heterocycles. The molecule has 1 amide bonds. The number of carbonyl (C=O) groups is 1. The number of sulfone groups is 1. The fourth-order valence-electron chi connectivity index (χ4n) is 4.22. The molecule has 206 valence electrons. The van der Waals surface area contributed by atoms with Crippen molar-refractivity contribution in [1.82, 2.24) is 15.1 Å². The minimum atomic E-state index is -4.40. The second kappa shape index (κ2) is 11.3. The van der Waals surface area contributed by atoms with Crippen LogP contribution in [-0.4, -0.2) is 74.2 Å². The molecule has 2 N–H and O–H groups in total. The first kappa shape index (κ1) is 28.8. The van der Waals surface area contributed by atoms with Gasteiger partial charge >= 0.3 is 6.18 Å². The van der Waals surface area contributed by atoms with E-state index in [2.05, 4.69) is 15.7 Å². The maximum atomic E-state index is 13.0. The molecule has 1 aromatic carbocycles. The van der Waals surface area contributed by atoms with E-state index in [0.29, 0.717) is 42.0 Å². The van der Waals surface area contributed by atoms with Crippen molar-refractivity contribution in [2.75, 3.05) is 31.8 Å². The van der Waals surface area contributed by atoms with Gasteiger partial charge in [-0.25, -0.2) is 8.42 Å². The van der Waals surface area contributed by atoms with E-state index in [1.54, 1.807) is 17.7 Å². The first-order valence-electron chi connectivity index (χ1n) is 11.9. The molecule has 2 heterocycles. The van der Waals surface area contributed by atoms with Gasteiger partial charge in [-0.15, -0.1) is 0 Å². The van der Waals surface area contributed by atoms with Crippen molar-refractivity contribution in [2.45, 2.75) is 63.7 Å². The van der Waals surface area contributed by atoms with E-state index >= 15 is 0 Å². The zero-order valence-corrected chi connectivity index (χ0v) is 22.3. The summed E-state index contributed by atoms with van der Waals surface area (Å²) in [6.45, 7) is 5.39. The number of halogens is 3. The molecule has 2 aromatic rings. The van der Waals surface area contributed by atoms with E-state index in [4.69, 9.17) is 9.47 Å². The van der Waals surface area contributed by atoms with Crippen LogP contribution in [0.25, 0.3) is 11.3 Å². The molecule has 0 spiro atoms. The lowest BCUT2D eigenvalue weighted by Gasteiger charge is -2.28. The number of nitrogens with one attached hydrogen (secondary N) is 2. The van der Waals surface area contributed by atoms with Crippen molar-refractivity contribution in [3.05, 3.63) is 29.5 Å². The molecule has 0 unspecified atom stereocenters. The van der Waals surface area contributed by atoms with Gasteiger partial charge in [0.2, 0.25) is 0 Å². The van der Waals surface area contributed by atoms with E-state index in [0.717, 1.165) is 6.92 Å². The van der Waals surface area contributed by atoms with Gasteiger partial charge in [-0.2, -0.15) is 18.3 Å². The van der Waals surface area contributed by atoms with Gasteiger partial charge in [0.15, 0.2) is 15.5 Å². The average Bonchev–Trinajstić information content (AvgIpc) is 3.17. The topological polar surface area (TPSA) is 112 Å². The van der Waals surface area contributed by atoms with Crippen LogP contribution in [0.2, 0.25) is 0 Å². The number of carbonyl (C=O) groups excluding carboxylic acids is 1. The zero-order chi connectivity index (χ0) is 27.5. The van der Waals surface area contributed by atoms with Crippen molar-refractivity contribution < 1.29 is 35.9 Å². The molecule has 3 rings (SSSR count). The van der Waals surface area contributed by atoms with Gasteiger partial charge in [-0.1, -0.05) is 0 Å². The van der Waals surface area contributed by atoms with Crippen molar-refractivity contribution in [3.8, 4) is 17.0 Å². The highest BCUT2D eigenvalue weighted by Gasteiger charge is 2.36. The largest absolute Gasteiger partial charge is 0.496 e. The summed E-state index contributed by atoms with van der Waals surface area (Å²) in [5, 5.41) is 9.17. The molecular formula is C24H33F3N4O5S. The lowest BCUT2D eigenvalue weighted by molar-refractivity contribution is -0.138. The molecule has 3 atom stereocenters. The smallest absolute Gasteiger partial charge is 0.408 e. The van der Waals surface area contributed by atoms with E-state index < -0.39 is 33.2 Å². The predicted octanol–water partition coefficient (Wildman–Crippen LogP) is 3.57. The fraction of sp³-hybridized carbons (Fsp3) is 0.583. The Morgan fingerprint density at radius 3 is 2.57 bits per heavy atom. The second-order valence-corrected chi connectivity index (χ2v) is 11.5. The number of hydrogen-bond donors (Lipinski definition) is 2. The quantitative estimate of drug-likeness (QED) is 0.495. The van der Waals surface area contributed by atoms with E-state index in [1.807, 2.05) is 6.92 Å². The molecule has 0 aliphatic carbocycles. The van der Waals surface area contributed by atoms with Crippen LogP contribution in [0.3, 0.4) is 0 Å². The highest BCUT2D eigenvalue weighted by Crippen LogP contribution is 2.36. The number of methoxy groups -OCH3 is 1. The number of nitrogens with zero attached hydrogens (tertiary/aromatic N) is 2. The third-order valence-electron chi connectivity index (χ3n) is 6.46. The Morgan fingerprint density at radius 1 is 1.32 bits per heavy atom. The van der Waals surface area contributed by atoms with E-state index in [1.165, 1.54) is 25.5 Å². The summed E-state index contributed by atoms with van der Waals surface area (Å²) in [5.41, 5.74) is 2.24. The molecule has 1 aliphatic rings. The fourth-order valence-corrected chi connectivity index (χ4v) is 5.11. The Kier molecular flexibility index (Phi) is 8.78. The first-order chi connectivity index (χ1) is 17.3. The monoisotopic (exact) mass is 546 g/mol. The van der Waals surface area contributed by atoms with Crippen molar-refractivity contribution in [1.29, 1.82) is 0 Å². The first-order valence-corrected chi connectivity index (χ1v) is 13.9. The van der Waals surface area contributed by atoms with Gasteiger partial charge in [0.25, 0.3) is 5.91 Å². The zero-order valence-electron chi connectivity index (χ0n) is 21.5. The minimum Gasteiger partial charge on any atom is -0.496 e. The van der Waals surface area contributed by atoms with Crippen LogP contribution in [-0.2, 0) is 21.1 Å². The van der Waals surface area contributed by atoms with Crippen LogP contribution >= 0.6 is 0 Å². The molecule has 1 saturated heterocycles. The normalized spacial score (nSPS) is 19.4. The molecular weight excluding hydrogens is 513 g/mol. The molecule has 13 heteroatoms. The maximum absolute atomic E-state index is 13.0. The summed E-state index contributed by atoms with van der Waals surface area (Å²) in [7, 11) is -1.75. The van der Waals surface area contributed by atoms with Crippen LogP contribution in [0, 0.1) is 6.92 Å². The molecule has 9 nitrogen and oxygen atoms in total. The minimum absolute atomic E-state index is 0.0966. The van der Waals surface area contributed by atoms with Gasteiger partial charge in [0.05, 0.1) is 30.8 Å². The molecule has 1 aromatic heterocycles. The van der Waals surface area contributed by atoms with E-state index in [9.17, 15) is 26.4 Å². The number of aryl methyl sites for hydroxylation is 1. The van der Waals surface area contributed by atoms with Crippen molar-refractivity contribution in [3.63, 3.8) is 0 Å². The Labute approximate surface area is 214 Å². The van der Waals surface area contributed by atoms with Crippen LogP contribution in [0.5, 0.6) is 5.75 Å². The van der Waals surface area contributed by atoms with Crippen molar-refractivity contribution >= 4 is 21.4 Å². The molecule has 0 saturated carbocycles. The maximum Gasteiger partial charge on any atom is 0.408 e. The third kappa shape index (κ3) is 6.75. The highest BCUT2D eigenvalue weighted by atomic mass is 32.2. The van der Waals surface area contributed by atoms with E-state index in [-0.39, 0.29) is 30.6 Å². The number of hydrogen-bond acceptors (Lipinski definition) is 7. The Hall–Kier alpha value is -2.80. The number of benzene rings is 1. The lowest BCUT2D eigenvalue weighted by atomic mass is 10.0. The van der Waals surface area contributed by atoms with Crippen LogP contribution in [0.4, 0.5) is 18.9 Å². The van der Waals surface area contributed by atoms with Gasteiger partial charge in [0, 0.05) is 42.2 Å². The van der Waals surface area contributed by atoms with Gasteiger partial charge in [0.1, 0.15) is 11.8 Å². The summed E-state index contributed by atoms with van der Waals surface area (Å²) in [6, 6.07) is 2.90. The average molecular weight is 547 g/mol. The number of rotatable bonds is 9. The number of anilines is 1. The molecule has 37 heavy (non-hydrogen) atoms. The summed E-state index contributed by atoms with van der Waals surface area (Å²) in [5.74, 6) is -0.0730. The summed E-state index contributed by atoms with van der Waals surface area (Å²) >= 11 is 0. The summed E-state index contributed by atoms with van der Waals surface area (Å²) in [4.78, 5) is 13.0. The Morgan fingerprint density at radius 2 is 2.03 bits per heavy atom. The van der Waals surface area contributed by atoms with Gasteiger partial charge < -0.3 is 20.1 Å². The number of ether oxygens (including phenoxy) is 2. The van der Waals surface area contributed by atoms with Crippen LogP contribution in [0.1, 0.15) is 42.7 Å². The Bertz CT molecular complexity index is 1220. The van der Waals surface area contributed by atoms with Crippen molar-refractivity contribution in [2.24, 2.45) is 0 Å². The van der Waals surface area contributed by atoms with Gasteiger partial charge in [-0.3, -0.25) is 9.48 Å². The second-order valence-electron chi connectivity index (χ2n) is 9.15. The van der Waals surface area contributed by atoms with Crippen LogP contribution < -0.4 is 15.4 Å². The Balaban J connectivity index is 1.78. The number of amides is 1. The molecule has 1 fully saturated rings. The number of alkyl halides is 3. The summed E-state index contributed by atoms with van der Waals surface area (Å²) in [6.07, 6.45) is -2.52. The van der Waals surface area contributed by atoms with Gasteiger partial charge in [-0.05, 0) is 45.7 Å². The SMILES string of the molecule is CCn1nc(C(=O)NC[C@@H]2CC[C@H](S(C)(=O)=O)CO2)c(C)c1-c1ccc(N[C@H](C)C(F)(F)F)cc1OC. The predicted molar refractivity (Wildman–Crippen MR) is 134 cm³/mol. The molecule has 0 radical (unpaired) electrons. The summed E-state index contributed by atoms with van der Waals surface area (Å²) < 4.78 is 75.0. The lowest BCUT2D eigenvalue weighted by Crippen LogP contribution is -2.41.